The maximum absolute atomic E-state index is 12.1. The highest BCUT2D eigenvalue weighted by atomic mass is 16.6. The van der Waals surface area contributed by atoms with Crippen molar-refractivity contribution in [2.75, 3.05) is 0 Å². The number of fused-ring (bicyclic) bond motifs is 3. The van der Waals surface area contributed by atoms with Gasteiger partial charge in [0.25, 0.3) is 0 Å². The molecule has 0 aromatic carbocycles. The summed E-state index contributed by atoms with van der Waals surface area (Å²) in [7, 11) is 0. The van der Waals surface area contributed by atoms with E-state index in [2.05, 4.69) is 26.5 Å². The van der Waals surface area contributed by atoms with Crippen LogP contribution in [-0.4, -0.2) is 17.4 Å². The quantitative estimate of drug-likeness (QED) is 0.494. The molecule has 0 aromatic heterocycles. The van der Waals surface area contributed by atoms with Gasteiger partial charge in [-0.25, -0.2) is 0 Å². The first-order chi connectivity index (χ1) is 13.4. The van der Waals surface area contributed by atoms with E-state index in [0.717, 1.165) is 38.0 Å². The molecule has 7 atom stereocenters. The molecule has 3 heteroatoms. The van der Waals surface area contributed by atoms with E-state index in [-0.39, 0.29) is 17.0 Å². The van der Waals surface area contributed by atoms with Crippen molar-refractivity contribution in [3.63, 3.8) is 0 Å². The van der Waals surface area contributed by atoms with Crippen LogP contribution in [-0.2, 0) is 14.3 Å². The molecule has 5 aliphatic rings. The first-order valence-corrected chi connectivity index (χ1v) is 11.4. The second kappa shape index (κ2) is 6.31. The molecule has 3 saturated carbocycles. The van der Waals surface area contributed by atoms with Crippen LogP contribution in [0.2, 0.25) is 0 Å². The number of rotatable bonds is 3. The van der Waals surface area contributed by atoms with Crippen molar-refractivity contribution in [3.05, 3.63) is 24.3 Å². The SMILES string of the molecule is C=CC1CC2=CC(=O)CCC2C2CCC(C)(C3(C)CCC(=O)O3)C(C3CC3)C12. The van der Waals surface area contributed by atoms with Gasteiger partial charge in [-0.15, -0.1) is 6.58 Å². The predicted molar refractivity (Wildman–Crippen MR) is 108 cm³/mol. The van der Waals surface area contributed by atoms with E-state index in [0.29, 0.717) is 41.8 Å². The lowest BCUT2D eigenvalue weighted by Crippen LogP contribution is -2.58. The third kappa shape index (κ3) is 2.60. The molecule has 7 unspecified atom stereocenters. The summed E-state index contributed by atoms with van der Waals surface area (Å²) in [6.45, 7) is 8.87. The fourth-order valence-electron chi connectivity index (χ4n) is 7.79. The molecule has 0 aromatic rings. The van der Waals surface area contributed by atoms with Gasteiger partial charge in [-0.05, 0) is 93.5 Å². The van der Waals surface area contributed by atoms with Gasteiger partial charge >= 0.3 is 5.97 Å². The fourth-order valence-corrected chi connectivity index (χ4v) is 7.79. The summed E-state index contributed by atoms with van der Waals surface area (Å²) >= 11 is 0. The largest absolute Gasteiger partial charge is 0.459 e. The zero-order valence-electron chi connectivity index (χ0n) is 17.4. The summed E-state index contributed by atoms with van der Waals surface area (Å²) in [5.41, 5.74) is 1.13. The Morgan fingerprint density at radius 2 is 1.89 bits per heavy atom. The van der Waals surface area contributed by atoms with E-state index >= 15 is 0 Å². The normalized spacial score (nSPS) is 48.4. The van der Waals surface area contributed by atoms with Crippen LogP contribution in [0.5, 0.6) is 0 Å². The van der Waals surface area contributed by atoms with E-state index in [9.17, 15) is 9.59 Å². The molecule has 0 bridgehead atoms. The van der Waals surface area contributed by atoms with Gasteiger partial charge in [-0.2, -0.15) is 0 Å². The molecule has 152 valence electrons. The number of allylic oxidation sites excluding steroid dienone is 3. The summed E-state index contributed by atoms with van der Waals surface area (Å²) in [6, 6.07) is 0. The first-order valence-electron chi connectivity index (χ1n) is 11.4. The summed E-state index contributed by atoms with van der Waals surface area (Å²) in [5.74, 6) is 3.99. The van der Waals surface area contributed by atoms with Gasteiger partial charge in [0, 0.05) is 18.3 Å². The zero-order valence-corrected chi connectivity index (χ0v) is 17.4. The molecule has 0 spiro atoms. The smallest absolute Gasteiger partial charge is 0.306 e. The lowest BCUT2D eigenvalue weighted by Gasteiger charge is -2.61. The van der Waals surface area contributed by atoms with Gasteiger partial charge in [0.15, 0.2) is 5.78 Å². The second-order valence-corrected chi connectivity index (χ2v) is 10.7. The van der Waals surface area contributed by atoms with Crippen molar-refractivity contribution in [2.24, 2.45) is 40.9 Å². The number of carbonyl (C=O) groups is 2. The number of esters is 1. The Morgan fingerprint density at radius 3 is 2.54 bits per heavy atom. The minimum Gasteiger partial charge on any atom is -0.459 e. The van der Waals surface area contributed by atoms with Crippen LogP contribution in [0.15, 0.2) is 24.3 Å². The first kappa shape index (κ1) is 18.6. The monoisotopic (exact) mass is 382 g/mol. The molecular formula is C25H34O3. The minimum atomic E-state index is -0.327. The number of ether oxygens (including phenoxy) is 1. The van der Waals surface area contributed by atoms with Crippen LogP contribution < -0.4 is 0 Å². The minimum absolute atomic E-state index is 0.0136. The number of hydrogen-bond acceptors (Lipinski definition) is 3. The maximum atomic E-state index is 12.1. The molecule has 4 fully saturated rings. The molecule has 1 saturated heterocycles. The van der Waals surface area contributed by atoms with E-state index in [1.165, 1.54) is 24.8 Å². The molecule has 1 heterocycles. The van der Waals surface area contributed by atoms with Crippen LogP contribution in [0.3, 0.4) is 0 Å². The molecule has 0 N–H and O–H groups in total. The Morgan fingerprint density at radius 1 is 1.11 bits per heavy atom. The lowest BCUT2D eigenvalue weighted by atomic mass is 9.45. The summed E-state index contributed by atoms with van der Waals surface area (Å²) < 4.78 is 6.05. The molecule has 3 nitrogen and oxygen atoms in total. The summed E-state index contributed by atoms with van der Waals surface area (Å²) in [5, 5.41) is 0. The summed E-state index contributed by atoms with van der Waals surface area (Å²) in [6.07, 6.45) is 13.3. The van der Waals surface area contributed by atoms with E-state index in [1.807, 2.05) is 6.08 Å². The summed E-state index contributed by atoms with van der Waals surface area (Å²) in [4.78, 5) is 24.1. The molecule has 4 aliphatic carbocycles. The molecule has 0 amide bonds. The third-order valence-electron chi connectivity index (χ3n) is 9.43. The average Bonchev–Trinajstić information content (AvgIpc) is 3.43. The highest BCUT2D eigenvalue weighted by molar-refractivity contribution is 5.91. The van der Waals surface area contributed by atoms with E-state index in [4.69, 9.17) is 4.74 Å². The second-order valence-electron chi connectivity index (χ2n) is 10.7. The van der Waals surface area contributed by atoms with Crippen molar-refractivity contribution in [1.29, 1.82) is 0 Å². The molecule has 28 heavy (non-hydrogen) atoms. The zero-order chi connectivity index (χ0) is 19.7. The number of hydrogen-bond donors (Lipinski definition) is 0. The van der Waals surface area contributed by atoms with Crippen molar-refractivity contribution >= 4 is 11.8 Å². The van der Waals surface area contributed by atoms with E-state index < -0.39 is 0 Å². The Bertz CT molecular complexity index is 747. The van der Waals surface area contributed by atoms with Gasteiger partial charge in [0.2, 0.25) is 0 Å². The van der Waals surface area contributed by atoms with Crippen LogP contribution in [0.4, 0.5) is 0 Å². The van der Waals surface area contributed by atoms with Crippen molar-refractivity contribution < 1.29 is 14.3 Å². The fraction of sp³-hybridized carbons (Fsp3) is 0.760. The van der Waals surface area contributed by atoms with Gasteiger partial charge < -0.3 is 4.74 Å². The average molecular weight is 383 g/mol. The molecular weight excluding hydrogens is 348 g/mol. The van der Waals surface area contributed by atoms with Crippen molar-refractivity contribution in [3.8, 4) is 0 Å². The van der Waals surface area contributed by atoms with Crippen LogP contribution in [0, 0.1) is 40.9 Å². The molecule has 1 aliphatic heterocycles. The van der Waals surface area contributed by atoms with Crippen molar-refractivity contribution in [1.82, 2.24) is 0 Å². The third-order valence-corrected chi connectivity index (χ3v) is 9.43. The van der Waals surface area contributed by atoms with Crippen LogP contribution in [0.25, 0.3) is 0 Å². The highest BCUT2D eigenvalue weighted by Gasteiger charge is 2.64. The number of cyclic esters (lactones) is 1. The molecule has 5 rings (SSSR count). The van der Waals surface area contributed by atoms with Crippen LogP contribution >= 0.6 is 0 Å². The van der Waals surface area contributed by atoms with Gasteiger partial charge in [0.05, 0.1) is 0 Å². The predicted octanol–water partition coefficient (Wildman–Crippen LogP) is 5.25. The highest BCUT2D eigenvalue weighted by Crippen LogP contribution is 2.67. The Balaban J connectivity index is 1.55. The number of carbonyl (C=O) groups excluding carboxylic acids is 2. The maximum Gasteiger partial charge on any atom is 0.306 e. The standard InChI is InChI=1S/C25H34O3/c1-4-15-13-17-14-18(26)7-8-19(17)20-9-11-24(2,23(22(15)20)16-5-6-16)25(3)12-10-21(27)28-25/h4,14-16,19-20,22-23H,1,5-13H2,2-3H3. The van der Waals surface area contributed by atoms with Gasteiger partial charge in [-0.1, -0.05) is 18.6 Å². The van der Waals surface area contributed by atoms with E-state index in [1.54, 1.807) is 0 Å². The van der Waals surface area contributed by atoms with Gasteiger partial charge in [-0.3, -0.25) is 9.59 Å². The topological polar surface area (TPSA) is 43.4 Å². The number of ketones is 1. The lowest BCUT2D eigenvalue weighted by molar-refractivity contribution is -0.182. The Hall–Kier alpha value is -1.38. The Kier molecular flexibility index (Phi) is 4.20. The van der Waals surface area contributed by atoms with Crippen LogP contribution in [0.1, 0.15) is 71.6 Å². The Labute approximate surface area is 169 Å². The van der Waals surface area contributed by atoms with Crippen molar-refractivity contribution in [2.45, 2.75) is 77.2 Å². The molecule has 0 radical (unpaired) electrons. The van der Waals surface area contributed by atoms with Gasteiger partial charge in [0.1, 0.15) is 5.60 Å².